The summed E-state index contributed by atoms with van der Waals surface area (Å²) in [7, 11) is 0. The summed E-state index contributed by atoms with van der Waals surface area (Å²) in [5, 5.41) is 9.78. The predicted octanol–water partition coefficient (Wildman–Crippen LogP) is 3.72. The molecule has 2 heteroatoms. The molecule has 2 rings (SSSR count). The molecule has 0 bridgehead atoms. The molecule has 0 aromatic heterocycles. The van der Waals surface area contributed by atoms with E-state index in [-0.39, 0.29) is 5.54 Å². The van der Waals surface area contributed by atoms with Crippen LogP contribution in [0, 0.1) is 0 Å². The average molecular weight is 253 g/mol. The maximum atomic E-state index is 9.78. The number of hydrogen-bond donors (Lipinski definition) is 1. The standard InChI is InChI=1S/C16H31NO/c1-16(2,13-18)17(14-9-5-3-6-10-14)15-11-7-4-8-12-15/h14-15,18H,3-13H2,1-2H3. The molecule has 2 fully saturated rings. The van der Waals surface area contributed by atoms with E-state index in [0.717, 1.165) is 12.1 Å². The van der Waals surface area contributed by atoms with E-state index in [2.05, 4.69) is 18.7 Å². The van der Waals surface area contributed by atoms with E-state index >= 15 is 0 Å². The summed E-state index contributed by atoms with van der Waals surface area (Å²) in [6, 6.07) is 1.45. The van der Waals surface area contributed by atoms with Crippen molar-refractivity contribution >= 4 is 0 Å². The zero-order valence-corrected chi connectivity index (χ0v) is 12.3. The number of rotatable bonds is 4. The van der Waals surface area contributed by atoms with Crippen molar-refractivity contribution in [3.63, 3.8) is 0 Å². The van der Waals surface area contributed by atoms with Crippen LogP contribution in [0.2, 0.25) is 0 Å². The minimum atomic E-state index is -0.0377. The first-order valence-corrected chi connectivity index (χ1v) is 8.04. The SMILES string of the molecule is CC(C)(CO)N(C1CCCCC1)C1CCCCC1. The van der Waals surface area contributed by atoms with Gasteiger partial charge in [0.1, 0.15) is 0 Å². The lowest BCUT2D eigenvalue weighted by Crippen LogP contribution is -2.57. The molecular formula is C16H31NO. The minimum Gasteiger partial charge on any atom is -0.394 e. The van der Waals surface area contributed by atoms with Crippen LogP contribution in [0.3, 0.4) is 0 Å². The molecule has 0 radical (unpaired) electrons. The minimum absolute atomic E-state index is 0.0377. The van der Waals surface area contributed by atoms with E-state index in [4.69, 9.17) is 0 Å². The molecule has 0 atom stereocenters. The van der Waals surface area contributed by atoms with Crippen molar-refractivity contribution in [1.29, 1.82) is 0 Å². The summed E-state index contributed by atoms with van der Waals surface area (Å²) in [5.41, 5.74) is -0.0377. The van der Waals surface area contributed by atoms with E-state index in [9.17, 15) is 5.11 Å². The molecule has 106 valence electrons. The Balaban J connectivity index is 2.10. The third-order valence-electron chi connectivity index (χ3n) is 5.02. The zero-order chi connectivity index (χ0) is 13.0. The maximum absolute atomic E-state index is 9.78. The van der Waals surface area contributed by atoms with Crippen LogP contribution >= 0.6 is 0 Å². The average Bonchev–Trinajstić information content (AvgIpc) is 2.41. The van der Waals surface area contributed by atoms with Crippen LogP contribution in [-0.4, -0.2) is 34.2 Å². The van der Waals surface area contributed by atoms with Crippen molar-refractivity contribution in [2.45, 2.75) is 95.7 Å². The normalized spacial score (nSPS) is 24.7. The van der Waals surface area contributed by atoms with Gasteiger partial charge in [-0.25, -0.2) is 0 Å². The van der Waals surface area contributed by atoms with Gasteiger partial charge in [0, 0.05) is 17.6 Å². The summed E-state index contributed by atoms with van der Waals surface area (Å²) < 4.78 is 0. The van der Waals surface area contributed by atoms with Crippen molar-refractivity contribution in [2.75, 3.05) is 6.61 Å². The Morgan fingerprint density at radius 2 is 1.22 bits per heavy atom. The van der Waals surface area contributed by atoms with Crippen LogP contribution in [0.1, 0.15) is 78.1 Å². The molecule has 2 nitrogen and oxygen atoms in total. The van der Waals surface area contributed by atoms with Gasteiger partial charge in [-0.15, -0.1) is 0 Å². The van der Waals surface area contributed by atoms with E-state index in [1.165, 1.54) is 64.2 Å². The molecule has 0 heterocycles. The first-order valence-electron chi connectivity index (χ1n) is 8.04. The highest BCUT2D eigenvalue weighted by atomic mass is 16.3. The van der Waals surface area contributed by atoms with Gasteiger partial charge in [-0.05, 0) is 39.5 Å². The van der Waals surface area contributed by atoms with Crippen LogP contribution in [0.25, 0.3) is 0 Å². The Bertz CT molecular complexity index is 221. The quantitative estimate of drug-likeness (QED) is 0.825. The molecule has 0 spiro atoms. The number of aliphatic hydroxyl groups is 1. The highest BCUT2D eigenvalue weighted by Crippen LogP contribution is 2.35. The van der Waals surface area contributed by atoms with Crippen LogP contribution in [0.15, 0.2) is 0 Å². The van der Waals surface area contributed by atoms with E-state index in [1.54, 1.807) is 0 Å². The van der Waals surface area contributed by atoms with Gasteiger partial charge in [-0.2, -0.15) is 0 Å². The summed E-state index contributed by atoms with van der Waals surface area (Å²) in [4.78, 5) is 2.71. The fourth-order valence-electron chi connectivity index (χ4n) is 4.09. The Morgan fingerprint density at radius 1 is 0.833 bits per heavy atom. The molecule has 0 unspecified atom stereocenters. The third kappa shape index (κ3) is 3.27. The van der Waals surface area contributed by atoms with Crippen LogP contribution < -0.4 is 0 Å². The molecule has 0 aliphatic heterocycles. The molecular weight excluding hydrogens is 222 g/mol. The van der Waals surface area contributed by atoms with E-state index < -0.39 is 0 Å². The lowest BCUT2D eigenvalue weighted by Gasteiger charge is -2.50. The Kier molecular flexibility index (Phi) is 5.08. The van der Waals surface area contributed by atoms with Crippen molar-refractivity contribution in [3.8, 4) is 0 Å². The molecule has 2 aliphatic rings. The fourth-order valence-corrected chi connectivity index (χ4v) is 4.09. The summed E-state index contributed by atoms with van der Waals surface area (Å²) in [5.74, 6) is 0. The summed E-state index contributed by atoms with van der Waals surface area (Å²) >= 11 is 0. The van der Waals surface area contributed by atoms with Gasteiger partial charge < -0.3 is 5.11 Å². The first-order chi connectivity index (χ1) is 8.65. The Labute approximate surface area is 113 Å². The van der Waals surface area contributed by atoms with E-state index in [1.807, 2.05) is 0 Å². The van der Waals surface area contributed by atoms with Gasteiger partial charge in [0.25, 0.3) is 0 Å². The fraction of sp³-hybridized carbons (Fsp3) is 1.00. The van der Waals surface area contributed by atoms with Crippen molar-refractivity contribution in [1.82, 2.24) is 4.90 Å². The second-order valence-corrected chi connectivity index (χ2v) is 6.96. The molecule has 1 N–H and O–H groups in total. The largest absolute Gasteiger partial charge is 0.394 e. The predicted molar refractivity (Wildman–Crippen MR) is 76.7 cm³/mol. The van der Waals surface area contributed by atoms with Gasteiger partial charge in [0.2, 0.25) is 0 Å². The Hall–Kier alpha value is -0.0800. The first kappa shape index (κ1) is 14.3. The monoisotopic (exact) mass is 253 g/mol. The van der Waals surface area contributed by atoms with Gasteiger partial charge in [0.05, 0.1) is 6.61 Å². The molecule has 2 saturated carbocycles. The molecule has 0 aromatic rings. The van der Waals surface area contributed by atoms with Gasteiger partial charge in [-0.1, -0.05) is 38.5 Å². The molecule has 2 aliphatic carbocycles. The van der Waals surface area contributed by atoms with Gasteiger partial charge in [-0.3, -0.25) is 4.90 Å². The van der Waals surface area contributed by atoms with Crippen LogP contribution in [-0.2, 0) is 0 Å². The zero-order valence-electron chi connectivity index (χ0n) is 12.3. The van der Waals surface area contributed by atoms with Crippen molar-refractivity contribution in [2.24, 2.45) is 0 Å². The molecule has 0 aromatic carbocycles. The molecule has 18 heavy (non-hydrogen) atoms. The lowest BCUT2D eigenvalue weighted by atomic mass is 9.84. The molecule has 0 saturated heterocycles. The van der Waals surface area contributed by atoms with Gasteiger partial charge >= 0.3 is 0 Å². The number of nitrogens with zero attached hydrogens (tertiary/aromatic N) is 1. The second-order valence-electron chi connectivity index (χ2n) is 6.96. The number of hydrogen-bond acceptors (Lipinski definition) is 2. The smallest absolute Gasteiger partial charge is 0.0610 e. The summed E-state index contributed by atoms with van der Waals surface area (Å²) in [6.07, 6.45) is 13.7. The maximum Gasteiger partial charge on any atom is 0.0610 e. The van der Waals surface area contributed by atoms with E-state index in [0.29, 0.717) is 6.61 Å². The number of aliphatic hydroxyl groups excluding tert-OH is 1. The van der Waals surface area contributed by atoms with Crippen molar-refractivity contribution < 1.29 is 5.11 Å². The summed E-state index contributed by atoms with van der Waals surface area (Å²) in [6.45, 7) is 4.76. The van der Waals surface area contributed by atoms with Crippen LogP contribution in [0.5, 0.6) is 0 Å². The third-order valence-corrected chi connectivity index (χ3v) is 5.02. The second kappa shape index (κ2) is 6.38. The lowest BCUT2D eigenvalue weighted by molar-refractivity contribution is -0.0348. The topological polar surface area (TPSA) is 23.5 Å². The Morgan fingerprint density at radius 3 is 1.56 bits per heavy atom. The van der Waals surface area contributed by atoms with Gasteiger partial charge in [0.15, 0.2) is 0 Å². The molecule has 0 amide bonds. The highest BCUT2D eigenvalue weighted by Gasteiger charge is 2.37. The van der Waals surface area contributed by atoms with Crippen LogP contribution in [0.4, 0.5) is 0 Å². The van der Waals surface area contributed by atoms with Crippen molar-refractivity contribution in [3.05, 3.63) is 0 Å². The highest BCUT2D eigenvalue weighted by molar-refractivity contribution is 4.93.